The van der Waals surface area contributed by atoms with Crippen molar-refractivity contribution in [2.45, 2.75) is 13.3 Å². The first-order valence-electron chi connectivity index (χ1n) is 6.75. The number of aromatic nitrogens is 1. The number of rotatable bonds is 3. The monoisotopic (exact) mass is 317 g/mol. The predicted octanol–water partition coefficient (Wildman–Crippen LogP) is 4.56. The van der Waals surface area contributed by atoms with E-state index >= 15 is 0 Å². The number of fused-ring (bicyclic) bond motifs is 1. The molecule has 0 saturated carbocycles. The van der Waals surface area contributed by atoms with E-state index in [-0.39, 0.29) is 6.42 Å². The molecule has 3 rings (SSSR count). The van der Waals surface area contributed by atoms with Crippen LogP contribution in [-0.2, 0) is 11.2 Å². The molecule has 0 unspecified atom stereocenters. The molecule has 1 heterocycles. The number of nitrogens with one attached hydrogen (secondary N) is 1. The van der Waals surface area contributed by atoms with Crippen LogP contribution in [0.15, 0.2) is 36.4 Å². The van der Waals surface area contributed by atoms with Crippen LogP contribution in [-0.4, -0.2) is 16.1 Å². The van der Waals surface area contributed by atoms with E-state index in [1.807, 2.05) is 6.92 Å². The van der Waals surface area contributed by atoms with Crippen LogP contribution in [0.4, 0.5) is 4.39 Å². The lowest BCUT2D eigenvalue weighted by Crippen LogP contribution is -2.01. The van der Waals surface area contributed by atoms with Gasteiger partial charge in [0.25, 0.3) is 0 Å². The third kappa shape index (κ3) is 2.35. The Bertz CT molecular complexity index is 886. The number of benzene rings is 2. The summed E-state index contributed by atoms with van der Waals surface area (Å²) < 4.78 is 14.1. The number of carboxylic acids is 1. The third-order valence-electron chi connectivity index (χ3n) is 3.75. The summed E-state index contributed by atoms with van der Waals surface area (Å²) in [6.45, 7) is 1.84. The van der Waals surface area contributed by atoms with Crippen LogP contribution >= 0.6 is 11.6 Å². The maximum absolute atomic E-state index is 14.1. The Labute approximate surface area is 131 Å². The summed E-state index contributed by atoms with van der Waals surface area (Å²) in [5.74, 6) is -1.37. The van der Waals surface area contributed by atoms with Gasteiger partial charge in [0.15, 0.2) is 0 Å². The highest BCUT2D eigenvalue weighted by atomic mass is 35.5. The zero-order valence-electron chi connectivity index (χ0n) is 11.8. The SMILES string of the molecule is Cc1c(Cl)ccc2c(CC(=O)O)c(-c3ccccc3F)[nH]c12. The van der Waals surface area contributed by atoms with E-state index in [4.69, 9.17) is 11.6 Å². The summed E-state index contributed by atoms with van der Waals surface area (Å²) in [6.07, 6.45) is -0.190. The topological polar surface area (TPSA) is 53.1 Å². The van der Waals surface area contributed by atoms with Gasteiger partial charge in [0.1, 0.15) is 5.82 Å². The summed E-state index contributed by atoms with van der Waals surface area (Å²) in [4.78, 5) is 14.3. The summed E-state index contributed by atoms with van der Waals surface area (Å²) >= 11 is 6.12. The summed E-state index contributed by atoms with van der Waals surface area (Å²) in [5.41, 5.74) is 2.95. The minimum atomic E-state index is -0.967. The Morgan fingerprint density at radius 2 is 2.00 bits per heavy atom. The Kier molecular flexibility index (Phi) is 3.62. The summed E-state index contributed by atoms with van der Waals surface area (Å²) in [7, 11) is 0. The molecule has 2 N–H and O–H groups in total. The molecule has 0 bridgehead atoms. The van der Waals surface area contributed by atoms with Gasteiger partial charge < -0.3 is 10.1 Å². The fourth-order valence-electron chi connectivity index (χ4n) is 2.66. The molecule has 112 valence electrons. The Morgan fingerprint density at radius 1 is 1.27 bits per heavy atom. The van der Waals surface area contributed by atoms with Crippen molar-refractivity contribution in [3.63, 3.8) is 0 Å². The first-order valence-corrected chi connectivity index (χ1v) is 7.13. The molecule has 5 heteroatoms. The predicted molar refractivity (Wildman–Crippen MR) is 84.8 cm³/mol. The number of halogens is 2. The van der Waals surface area contributed by atoms with Gasteiger partial charge in [-0.1, -0.05) is 29.8 Å². The quantitative estimate of drug-likeness (QED) is 0.744. The maximum atomic E-state index is 14.1. The van der Waals surface area contributed by atoms with Crippen LogP contribution in [0.25, 0.3) is 22.2 Å². The first-order chi connectivity index (χ1) is 10.5. The fraction of sp³-hybridized carbons (Fsp3) is 0.118. The number of aryl methyl sites for hydroxylation is 1. The van der Waals surface area contributed by atoms with Gasteiger partial charge in [-0.3, -0.25) is 4.79 Å². The maximum Gasteiger partial charge on any atom is 0.307 e. The normalized spacial score (nSPS) is 11.0. The van der Waals surface area contributed by atoms with E-state index in [2.05, 4.69) is 4.98 Å². The molecule has 0 aliphatic rings. The van der Waals surface area contributed by atoms with E-state index in [9.17, 15) is 14.3 Å². The van der Waals surface area contributed by atoms with E-state index in [1.165, 1.54) is 6.07 Å². The van der Waals surface area contributed by atoms with Crippen LogP contribution < -0.4 is 0 Å². The zero-order valence-corrected chi connectivity index (χ0v) is 12.5. The highest BCUT2D eigenvalue weighted by Crippen LogP contribution is 2.35. The molecule has 0 saturated heterocycles. The molecule has 0 aliphatic heterocycles. The molecular formula is C17H13ClFNO2. The Hall–Kier alpha value is -2.33. The van der Waals surface area contributed by atoms with Gasteiger partial charge >= 0.3 is 5.97 Å². The number of carbonyl (C=O) groups is 1. The molecule has 3 nitrogen and oxygen atoms in total. The van der Waals surface area contributed by atoms with Crippen molar-refractivity contribution < 1.29 is 14.3 Å². The largest absolute Gasteiger partial charge is 0.481 e. The van der Waals surface area contributed by atoms with Crippen molar-refractivity contribution in [3.8, 4) is 11.3 Å². The van der Waals surface area contributed by atoms with Gasteiger partial charge in [0.2, 0.25) is 0 Å². The Balaban J connectivity index is 2.36. The highest BCUT2D eigenvalue weighted by Gasteiger charge is 2.19. The van der Waals surface area contributed by atoms with E-state index < -0.39 is 11.8 Å². The highest BCUT2D eigenvalue weighted by molar-refractivity contribution is 6.32. The van der Waals surface area contributed by atoms with Crippen molar-refractivity contribution in [2.75, 3.05) is 0 Å². The molecule has 0 aliphatic carbocycles. The van der Waals surface area contributed by atoms with Crippen molar-refractivity contribution in [1.29, 1.82) is 0 Å². The van der Waals surface area contributed by atoms with Gasteiger partial charge in [-0.15, -0.1) is 0 Å². The molecule has 0 atom stereocenters. The molecular weight excluding hydrogens is 305 g/mol. The summed E-state index contributed by atoms with van der Waals surface area (Å²) in [5, 5.41) is 10.5. The van der Waals surface area contributed by atoms with Gasteiger partial charge in [-0.25, -0.2) is 4.39 Å². The lowest BCUT2D eigenvalue weighted by atomic mass is 10.0. The van der Waals surface area contributed by atoms with Gasteiger partial charge in [0, 0.05) is 16.0 Å². The number of aliphatic carboxylic acids is 1. The van der Waals surface area contributed by atoms with Gasteiger partial charge in [-0.05, 0) is 36.2 Å². The van der Waals surface area contributed by atoms with E-state index in [0.29, 0.717) is 21.8 Å². The zero-order chi connectivity index (χ0) is 15.9. The van der Waals surface area contributed by atoms with Crippen molar-refractivity contribution in [2.24, 2.45) is 0 Å². The first kappa shape index (κ1) is 14.6. The smallest absolute Gasteiger partial charge is 0.307 e. The second kappa shape index (κ2) is 5.46. The molecule has 0 fully saturated rings. The number of aromatic amines is 1. The number of hydrogen-bond donors (Lipinski definition) is 2. The molecule has 1 aromatic heterocycles. The number of H-pyrrole nitrogens is 1. The number of carboxylic acid groups (broad SMARTS) is 1. The van der Waals surface area contributed by atoms with E-state index in [0.717, 1.165) is 16.5 Å². The van der Waals surface area contributed by atoms with Crippen LogP contribution in [0.3, 0.4) is 0 Å². The standard InChI is InChI=1S/C17H13ClFNO2/c1-9-13(18)7-6-10-12(8-15(21)22)17(20-16(9)10)11-4-2-3-5-14(11)19/h2-7,20H,8H2,1H3,(H,21,22). The minimum absolute atomic E-state index is 0.190. The van der Waals surface area contributed by atoms with Crippen molar-refractivity contribution in [1.82, 2.24) is 4.98 Å². The molecule has 3 aromatic rings. The molecule has 0 radical (unpaired) electrons. The van der Waals surface area contributed by atoms with Crippen LogP contribution in [0.5, 0.6) is 0 Å². The average Bonchev–Trinajstić information content (AvgIpc) is 2.82. The fourth-order valence-corrected chi connectivity index (χ4v) is 2.82. The number of hydrogen-bond acceptors (Lipinski definition) is 1. The lowest BCUT2D eigenvalue weighted by Gasteiger charge is -2.04. The molecule has 0 spiro atoms. The van der Waals surface area contributed by atoms with Crippen LogP contribution in [0.1, 0.15) is 11.1 Å². The molecule has 0 amide bonds. The van der Waals surface area contributed by atoms with Crippen molar-refractivity contribution in [3.05, 3.63) is 58.4 Å². The van der Waals surface area contributed by atoms with Gasteiger partial charge in [-0.2, -0.15) is 0 Å². The average molecular weight is 318 g/mol. The van der Waals surface area contributed by atoms with E-state index in [1.54, 1.807) is 30.3 Å². The minimum Gasteiger partial charge on any atom is -0.481 e. The van der Waals surface area contributed by atoms with Gasteiger partial charge in [0.05, 0.1) is 17.6 Å². The molecule has 22 heavy (non-hydrogen) atoms. The van der Waals surface area contributed by atoms with Crippen molar-refractivity contribution >= 4 is 28.5 Å². The second-order valence-corrected chi connectivity index (χ2v) is 5.53. The lowest BCUT2D eigenvalue weighted by molar-refractivity contribution is -0.136. The third-order valence-corrected chi connectivity index (χ3v) is 4.16. The molecule has 2 aromatic carbocycles. The Morgan fingerprint density at radius 3 is 2.68 bits per heavy atom. The van der Waals surface area contributed by atoms with Crippen LogP contribution in [0, 0.1) is 12.7 Å². The summed E-state index contributed by atoms with van der Waals surface area (Å²) in [6, 6.07) is 9.79. The second-order valence-electron chi connectivity index (χ2n) is 5.12. The van der Waals surface area contributed by atoms with Crippen LogP contribution in [0.2, 0.25) is 5.02 Å².